The number of benzene rings is 1. The van der Waals surface area contributed by atoms with Crippen LogP contribution in [0.15, 0.2) is 17.0 Å². The van der Waals surface area contributed by atoms with Gasteiger partial charge in [0, 0.05) is 7.05 Å². The Morgan fingerprint density at radius 2 is 1.87 bits per heavy atom. The van der Waals surface area contributed by atoms with Crippen LogP contribution in [-0.2, 0) is 24.8 Å². The third-order valence-electron chi connectivity index (χ3n) is 5.82. The Bertz CT molecular complexity index is 883. The van der Waals surface area contributed by atoms with Crippen molar-refractivity contribution in [2.45, 2.75) is 57.4 Å². The van der Waals surface area contributed by atoms with Crippen LogP contribution in [0.5, 0.6) is 0 Å². The highest BCUT2D eigenvalue weighted by molar-refractivity contribution is 7.93. The molecule has 0 aliphatic carbocycles. The van der Waals surface area contributed by atoms with Gasteiger partial charge in [-0.1, -0.05) is 29.6 Å². The van der Waals surface area contributed by atoms with Crippen molar-refractivity contribution >= 4 is 40.3 Å². The quantitative estimate of drug-likeness (QED) is 0.394. The molecule has 10 heteroatoms. The molecule has 1 aromatic carbocycles. The number of hydrogen-bond donors (Lipinski definition) is 1. The molecule has 2 aromatic rings. The molecule has 172 valence electrons. The van der Waals surface area contributed by atoms with Crippen LogP contribution in [0.3, 0.4) is 0 Å². The van der Waals surface area contributed by atoms with E-state index in [0.29, 0.717) is 15.7 Å². The summed E-state index contributed by atoms with van der Waals surface area (Å²) in [6.45, 7) is 2.37. The Morgan fingerprint density at radius 1 is 1.26 bits per heavy atom. The molecule has 31 heavy (non-hydrogen) atoms. The summed E-state index contributed by atoms with van der Waals surface area (Å²) >= 11 is 10.5. The highest BCUT2D eigenvalue weighted by Gasteiger charge is 2.38. The van der Waals surface area contributed by atoms with E-state index in [1.54, 1.807) is 33.0 Å². The van der Waals surface area contributed by atoms with E-state index in [-0.39, 0.29) is 20.6 Å². The lowest BCUT2D eigenvalue weighted by molar-refractivity contribution is 0.161. The number of nitrogens with zero attached hydrogens (tertiary/aromatic N) is 3. The number of hydrogen-bond acceptors (Lipinski definition) is 4. The molecule has 2 heterocycles. The molecule has 1 aromatic heterocycles. The minimum atomic E-state index is -3.01. The highest BCUT2D eigenvalue weighted by atomic mass is 35.5. The monoisotopic (exact) mass is 492 g/mol. The van der Waals surface area contributed by atoms with Crippen molar-refractivity contribution in [2.75, 3.05) is 17.4 Å². The van der Waals surface area contributed by atoms with Crippen molar-refractivity contribution < 1.29 is 13.3 Å². The van der Waals surface area contributed by atoms with E-state index in [4.69, 9.17) is 23.2 Å². The fourth-order valence-electron chi connectivity index (χ4n) is 4.12. The number of rotatable bonds is 8. The topological polar surface area (TPSA) is 56.2 Å². The molecule has 0 radical (unpaired) electrons. The van der Waals surface area contributed by atoms with Gasteiger partial charge in [-0.3, -0.25) is 4.68 Å². The van der Waals surface area contributed by atoms with Crippen LogP contribution in [0.1, 0.15) is 42.6 Å². The molecule has 1 unspecified atom stereocenters. The molecule has 0 spiro atoms. The molecule has 1 aliphatic rings. The SMILES string of the molecule is Cc1nn(C)c(C)c1N(C(F)F)[S+]([O-])c1c(Cl)cc(CCCC2CCNCC2)cc1Cl. The smallest absolute Gasteiger partial charge is 0.352 e. The number of aryl methyl sites for hydroxylation is 3. The molecule has 1 aliphatic heterocycles. The summed E-state index contributed by atoms with van der Waals surface area (Å²) in [5.74, 6) is 0.726. The van der Waals surface area contributed by atoms with Crippen molar-refractivity contribution in [3.05, 3.63) is 39.1 Å². The van der Waals surface area contributed by atoms with E-state index in [0.717, 1.165) is 43.8 Å². The number of alkyl halides is 2. The normalized spacial score (nSPS) is 16.2. The highest BCUT2D eigenvalue weighted by Crippen LogP contribution is 2.38. The second-order valence-electron chi connectivity index (χ2n) is 7.97. The largest absolute Gasteiger partial charge is 0.587 e. The van der Waals surface area contributed by atoms with Crippen LogP contribution in [0, 0.1) is 19.8 Å². The van der Waals surface area contributed by atoms with Gasteiger partial charge in [-0.2, -0.15) is 13.9 Å². The van der Waals surface area contributed by atoms with Crippen LogP contribution in [0.25, 0.3) is 0 Å². The van der Waals surface area contributed by atoms with Crippen LogP contribution in [-0.4, -0.2) is 34.0 Å². The predicted molar refractivity (Wildman–Crippen MR) is 123 cm³/mol. The Kier molecular flexibility index (Phi) is 8.49. The lowest BCUT2D eigenvalue weighted by atomic mass is 9.92. The molecule has 3 rings (SSSR count). The Balaban J connectivity index is 1.79. The minimum absolute atomic E-state index is 0.00612. The first kappa shape index (κ1) is 24.6. The van der Waals surface area contributed by atoms with Crippen molar-refractivity contribution in [2.24, 2.45) is 13.0 Å². The lowest BCUT2D eigenvalue weighted by Gasteiger charge is -2.26. The molecule has 0 amide bonds. The Hall–Kier alpha value is -1.06. The minimum Gasteiger partial charge on any atom is -0.587 e. The van der Waals surface area contributed by atoms with Crippen molar-refractivity contribution in [3.63, 3.8) is 0 Å². The van der Waals surface area contributed by atoms with Gasteiger partial charge in [0.05, 0.1) is 11.4 Å². The molecular formula is C21H28Cl2F2N4OS. The van der Waals surface area contributed by atoms with Gasteiger partial charge >= 0.3 is 6.55 Å². The summed E-state index contributed by atoms with van der Waals surface area (Å²) in [7, 11) is 1.65. The predicted octanol–water partition coefficient (Wildman–Crippen LogP) is 5.42. The zero-order chi connectivity index (χ0) is 22.7. The maximum absolute atomic E-state index is 14.0. The summed E-state index contributed by atoms with van der Waals surface area (Å²) in [5, 5.41) is 7.79. The van der Waals surface area contributed by atoms with Crippen LogP contribution >= 0.6 is 23.2 Å². The average molecular weight is 493 g/mol. The number of piperidine rings is 1. The van der Waals surface area contributed by atoms with E-state index >= 15 is 0 Å². The lowest BCUT2D eigenvalue weighted by Crippen LogP contribution is -2.36. The van der Waals surface area contributed by atoms with E-state index in [1.807, 2.05) is 0 Å². The summed E-state index contributed by atoms with van der Waals surface area (Å²) in [4.78, 5) is -0.00612. The zero-order valence-corrected chi connectivity index (χ0v) is 20.3. The molecule has 1 fully saturated rings. The molecule has 1 saturated heterocycles. The first-order valence-corrected chi connectivity index (χ1v) is 12.2. The molecule has 0 bridgehead atoms. The summed E-state index contributed by atoms with van der Waals surface area (Å²) < 4.78 is 43.2. The maximum Gasteiger partial charge on any atom is 0.352 e. The summed E-state index contributed by atoms with van der Waals surface area (Å²) in [6.07, 6.45) is 5.29. The van der Waals surface area contributed by atoms with Crippen molar-refractivity contribution in [1.82, 2.24) is 15.1 Å². The first-order chi connectivity index (χ1) is 14.7. The number of aromatic nitrogens is 2. The van der Waals surface area contributed by atoms with Gasteiger partial charge < -0.3 is 9.87 Å². The Morgan fingerprint density at radius 3 is 2.39 bits per heavy atom. The van der Waals surface area contributed by atoms with Crippen molar-refractivity contribution in [3.8, 4) is 0 Å². The van der Waals surface area contributed by atoms with E-state index in [2.05, 4.69) is 10.4 Å². The molecule has 0 saturated carbocycles. The molecule has 1 atom stereocenters. The molecule has 5 nitrogen and oxygen atoms in total. The van der Waals surface area contributed by atoms with Gasteiger partial charge in [-0.15, -0.1) is 4.31 Å². The maximum atomic E-state index is 14.0. The summed E-state index contributed by atoms with van der Waals surface area (Å²) in [6, 6.07) is 3.38. The fourth-order valence-corrected chi connectivity index (χ4v) is 6.27. The first-order valence-electron chi connectivity index (χ1n) is 10.4. The van der Waals surface area contributed by atoms with Crippen LogP contribution < -0.4 is 9.62 Å². The van der Waals surface area contributed by atoms with E-state index in [1.165, 1.54) is 17.5 Å². The third-order valence-corrected chi connectivity index (χ3v) is 8.12. The van der Waals surface area contributed by atoms with Crippen molar-refractivity contribution in [1.29, 1.82) is 0 Å². The van der Waals surface area contributed by atoms with Gasteiger partial charge in [0.2, 0.25) is 4.90 Å². The van der Waals surface area contributed by atoms with Crippen LogP contribution in [0.2, 0.25) is 10.0 Å². The van der Waals surface area contributed by atoms with Gasteiger partial charge in [-0.25, -0.2) is 0 Å². The van der Waals surface area contributed by atoms with E-state index < -0.39 is 17.9 Å². The summed E-state index contributed by atoms with van der Waals surface area (Å²) in [5.41, 5.74) is 1.87. The average Bonchev–Trinajstić information content (AvgIpc) is 2.94. The zero-order valence-electron chi connectivity index (χ0n) is 17.9. The van der Waals surface area contributed by atoms with Gasteiger partial charge in [0.1, 0.15) is 27.1 Å². The number of nitrogens with one attached hydrogen (secondary N) is 1. The van der Waals surface area contributed by atoms with E-state index in [9.17, 15) is 13.3 Å². The Labute approximate surface area is 195 Å². The second kappa shape index (κ2) is 10.7. The van der Waals surface area contributed by atoms with Crippen LogP contribution in [0.4, 0.5) is 14.5 Å². The number of anilines is 1. The molecule has 1 N–H and O–H groups in total. The third kappa shape index (κ3) is 5.66. The number of halogens is 4. The van der Waals surface area contributed by atoms with Gasteiger partial charge in [0.25, 0.3) is 0 Å². The fraction of sp³-hybridized carbons (Fsp3) is 0.571. The standard InChI is InChI=1S/C21H28Cl2F2N4OS/c1-13-19(14(2)28(3)27-13)29(21(24)25)31(30)20-17(22)11-16(12-18(20)23)6-4-5-15-7-9-26-10-8-15/h11-12,15,21,26H,4-10H2,1-3H3. The van der Waals surface area contributed by atoms with Gasteiger partial charge in [0.15, 0.2) is 0 Å². The van der Waals surface area contributed by atoms with Gasteiger partial charge in [-0.05, 0) is 76.2 Å². The molecular weight excluding hydrogens is 465 g/mol. The second-order valence-corrected chi connectivity index (χ2v) is 10.1.